The number of ether oxygens (including phenoxy) is 1. The van der Waals surface area contributed by atoms with Crippen LogP contribution in [-0.4, -0.2) is 36.2 Å². The van der Waals surface area contributed by atoms with Gasteiger partial charge in [0.05, 0.1) is 5.92 Å². The second-order valence-electron chi connectivity index (χ2n) is 6.52. The second kappa shape index (κ2) is 8.97. The number of anilines is 1. The number of Topliss-reactive ketones (excluding diaryl/α,β-unsaturated/α-hetero) is 1. The summed E-state index contributed by atoms with van der Waals surface area (Å²) in [5.74, 6) is -2.24. The van der Waals surface area contributed by atoms with Gasteiger partial charge in [-0.25, -0.2) is 4.39 Å². The number of hydrogen-bond acceptors (Lipinski definition) is 4. The zero-order valence-electron chi connectivity index (χ0n) is 15.0. The molecule has 1 aliphatic heterocycles. The molecule has 0 N–H and O–H groups in total. The quantitative estimate of drug-likeness (QED) is 0.402. The van der Waals surface area contributed by atoms with Crippen molar-refractivity contribution in [2.24, 2.45) is 5.92 Å². The van der Waals surface area contributed by atoms with Crippen molar-refractivity contribution in [2.75, 3.05) is 17.3 Å². The van der Waals surface area contributed by atoms with Crippen LogP contribution in [0.25, 0.3) is 0 Å². The van der Waals surface area contributed by atoms with Crippen LogP contribution in [0.5, 0.6) is 0 Å². The number of carbonyl (C=O) groups excluding carboxylic acids is 3. The minimum Gasteiger partial charge on any atom is -0.454 e. The molecule has 0 bridgehead atoms. The van der Waals surface area contributed by atoms with Gasteiger partial charge in [0.1, 0.15) is 5.82 Å². The third kappa shape index (κ3) is 4.57. The van der Waals surface area contributed by atoms with E-state index in [4.69, 9.17) is 16.3 Å². The van der Waals surface area contributed by atoms with Crippen LogP contribution >= 0.6 is 11.6 Å². The largest absolute Gasteiger partial charge is 0.454 e. The molecular formula is C21H19ClFNO4. The number of para-hydroxylation sites is 1. The van der Waals surface area contributed by atoms with E-state index in [9.17, 15) is 18.8 Å². The monoisotopic (exact) mass is 403 g/mol. The molecule has 1 aliphatic rings. The van der Waals surface area contributed by atoms with Crippen LogP contribution in [0.2, 0.25) is 0 Å². The second-order valence-corrected chi connectivity index (χ2v) is 6.89. The van der Waals surface area contributed by atoms with Crippen LogP contribution in [0.15, 0.2) is 54.6 Å². The molecule has 0 saturated carbocycles. The molecule has 1 fully saturated rings. The van der Waals surface area contributed by atoms with Crippen molar-refractivity contribution in [3.8, 4) is 0 Å². The molecule has 146 valence electrons. The fraction of sp³-hybridized carbons (Fsp3) is 0.286. The van der Waals surface area contributed by atoms with Crippen molar-refractivity contribution < 1.29 is 23.5 Å². The molecule has 3 rings (SSSR count). The lowest BCUT2D eigenvalue weighted by atomic mass is 10.0. The first-order chi connectivity index (χ1) is 13.5. The predicted octanol–water partition coefficient (Wildman–Crippen LogP) is 3.60. The van der Waals surface area contributed by atoms with Gasteiger partial charge in [0.2, 0.25) is 11.7 Å². The van der Waals surface area contributed by atoms with E-state index in [0.717, 1.165) is 0 Å². The summed E-state index contributed by atoms with van der Waals surface area (Å²) in [6, 6.07) is 14.1. The molecule has 2 aromatic rings. The zero-order valence-corrected chi connectivity index (χ0v) is 15.8. The number of amides is 1. The molecule has 2 atom stereocenters. The molecule has 28 heavy (non-hydrogen) atoms. The average molecular weight is 404 g/mol. The predicted molar refractivity (Wildman–Crippen MR) is 103 cm³/mol. The van der Waals surface area contributed by atoms with Crippen LogP contribution in [0, 0.1) is 11.7 Å². The Morgan fingerprint density at radius 3 is 2.46 bits per heavy atom. The summed E-state index contributed by atoms with van der Waals surface area (Å²) in [6.45, 7) is 0.194. The van der Waals surface area contributed by atoms with Crippen LogP contribution < -0.4 is 4.90 Å². The first-order valence-electron chi connectivity index (χ1n) is 8.91. The Bertz CT molecular complexity index is 856. The number of rotatable bonds is 7. The zero-order chi connectivity index (χ0) is 20.1. The van der Waals surface area contributed by atoms with Gasteiger partial charge in [0.25, 0.3) is 0 Å². The van der Waals surface area contributed by atoms with Gasteiger partial charge in [-0.1, -0.05) is 18.2 Å². The number of hydrogen-bond donors (Lipinski definition) is 0. The highest BCUT2D eigenvalue weighted by Gasteiger charge is 2.38. The van der Waals surface area contributed by atoms with Crippen LogP contribution in [0.4, 0.5) is 10.1 Å². The topological polar surface area (TPSA) is 63.7 Å². The number of nitrogens with zero attached hydrogens (tertiary/aromatic N) is 1. The molecule has 1 heterocycles. The van der Waals surface area contributed by atoms with Gasteiger partial charge in [-0.15, -0.1) is 11.6 Å². The third-order valence-electron chi connectivity index (χ3n) is 4.58. The van der Waals surface area contributed by atoms with Gasteiger partial charge < -0.3 is 9.64 Å². The minimum atomic E-state index is -1.07. The summed E-state index contributed by atoms with van der Waals surface area (Å²) in [6.07, 6.45) is -0.921. The maximum atomic E-state index is 13.1. The SMILES string of the molecule is O=C(O[C@H](CCCl)C(=O)c1ccc(F)cc1)[C@@H]1CC(=O)N(c2ccccc2)C1. The Kier molecular flexibility index (Phi) is 6.41. The summed E-state index contributed by atoms with van der Waals surface area (Å²) in [4.78, 5) is 39.0. The molecule has 0 radical (unpaired) electrons. The summed E-state index contributed by atoms with van der Waals surface area (Å²) in [7, 11) is 0. The Morgan fingerprint density at radius 2 is 1.82 bits per heavy atom. The fourth-order valence-corrected chi connectivity index (χ4v) is 3.30. The molecular weight excluding hydrogens is 385 g/mol. The van der Waals surface area contributed by atoms with Crippen molar-refractivity contribution in [3.63, 3.8) is 0 Å². The van der Waals surface area contributed by atoms with E-state index >= 15 is 0 Å². The Morgan fingerprint density at radius 1 is 1.14 bits per heavy atom. The van der Waals surface area contributed by atoms with Gasteiger partial charge in [0.15, 0.2) is 6.10 Å². The van der Waals surface area contributed by atoms with Crippen LogP contribution in [0.3, 0.4) is 0 Å². The Labute approximate surface area is 167 Å². The van der Waals surface area contributed by atoms with E-state index in [0.29, 0.717) is 5.69 Å². The summed E-state index contributed by atoms with van der Waals surface area (Å²) in [5, 5.41) is 0. The van der Waals surface area contributed by atoms with Crippen molar-refractivity contribution in [3.05, 3.63) is 66.0 Å². The van der Waals surface area contributed by atoms with E-state index in [1.54, 1.807) is 12.1 Å². The molecule has 5 nitrogen and oxygen atoms in total. The maximum absolute atomic E-state index is 13.1. The molecule has 0 unspecified atom stereocenters. The maximum Gasteiger partial charge on any atom is 0.312 e. The van der Waals surface area contributed by atoms with Gasteiger partial charge in [-0.05, 0) is 36.4 Å². The number of alkyl halides is 1. The normalized spacial score (nSPS) is 17.4. The summed E-state index contributed by atoms with van der Waals surface area (Å²) < 4.78 is 18.5. The van der Waals surface area contributed by atoms with E-state index in [1.165, 1.54) is 29.2 Å². The lowest BCUT2D eigenvalue weighted by Crippen LogP contribution is -2.32. The Balaban J connectivity index is 1.68. The first-order valence-corrected chi connectivity index (χ1v) is 9.44. The van der Waals surface area contributed by atoms with Gasteiger partial charge in [-0.3, -0.25) is 14.4 Å². The molecule has 0 spiro atoms. The standard InChI is InChI=1S/C21H19ClFNO4/c22-11-10-18(20(26)14-6-8-16(23)9-7-14)28-21(27)15-12-19(25)24(13-15)17-4-2-1-3-5-17/h1-9,15,18H,10-13H2/t15-,18-/m1/s1. The molecule has 1 saturated heterocycles. The minimum absolute atomic E-state index is 0.0199. The number of carbonyl (C=O) groups is 3. The molecule has 7 heteroatoms. The molecule has 1 amide bonds. The van der Waals surface area contributed by atoms with Gasteiger partial charge in [0, 0.05) is 36.5 Å². The van der Waals surface area contributed by atoms with Crippen molar-refractivity contribution >= 4 is 34.9 Å². The van der Waals surface area contributed by atoms with Crippen LogP contribution in [-0.2, 0) is 14.3 Å². The third-order valence-corrected chi connectivity index (χ3v) is 4.80. The smallest absolute Gasteiger partial charge is 0.312 e. The highest BCUT2D eigenvalue weighted by molar-refractivity contribution is 6.18. The number of ketones is 1. The number of esters is 1. The van der Waals surface area contributed by atoms with E-state index in [2.05, 4.69) is 0 Å². The lowest BCUT2D eigenvalue weighted by Gasteiger charge is -2.19. The highest BCUT2D eigenvalue weighted by Crippen LogP contribution is 2.26. The first kappa shape index (κ1) is 20.0. The van der Waals surface area contributed by atoms with Crippen molar-refractivity contribution in [1.29, 1.82) is 0 Å². The fourth-order valence-electron chi connectivity index (χ4n) is 3.10. The number of halogens is 2. The van der Waals surface area contributed by atoms with Crippen molar-refractivity contribution in [2.45, 2.75) is 18.9 Å². The average Bonchev–Trinajstić information content (AvgIpc) is 3.10. The molecule has 2 aromatic carbocycles. The Hall–Kier alpha value is -2.73. The van der Waals surface area contributed by atoms with E-state index in [-0.39, 0.29) is 36.7 Å². The number of benzene rings is 2. The van der Waals surface area contributed by atoms with Gasteiger partial charge >= 0.3 is 5.97 Å². The lowest BCUT2D eigenvalue weighted by molar-refractivity contribution is -0.151. The summed E-state index contributed by atoms with van der Waals surface area (Å²) >= 11 is 5.76. The van der Waals surface area contributed by atoms with Crippen LogP contribution in [0.1, 0.15) is 23.2 Å². The highest BCUT2D eigenvalue weighted by atomic mass is 35.5. The van der Waals surface area contributed by atoms with Gasteiger partial charge in [-0.2, -0.15) is 0 Å². The van der Waals surface area contributed by atoms with E-state index < -0.39 is 29.6 Å². The van der Waals surface area contributed by atoms with Crippen molar-refractivity contribution in [1.82, 2.24) is 0 Å². The summed E-state index contributed by atoms with van der Waals surface area (Å²) in [5.41, 5.74) is 0.945. The molecule has 0 aromatic heterocycles. The molecule has 0 aliphatic carbocycles. The van der Waals surface area contributed by atoms with E-state index in [1.807, 2.05) is 18.2 Å².